The van der Waals surface area contributed by atoms with Gasteiger partial charge in [0.15, 0.2) is 5.65 Å². The van der Waals surface area contributed by atoms with E-state index in [2.05, 4.69) is 46.4 Å². The molecule has 0 aliphatic heterocycles. The van der Waals surface area contributed by atoms with Crippen LogP contribution in [0.3, 0.4) is 0 Å². The molecule has 0 aliphatic rings. The van der Waals surface area contributed by atoms with E-state index < -0.39 is 0 Å². The van der Waals surface area contributed by atoms with E-state index in [-0.39, 0.29) is 0 Å². The summed E-state index contributed by atoms with van der Waals surface area (Å²) in [5.41, 5.74) is 1.89. The summed E-state index contributed by atoms with van der Waals surface area (Å²) < 4.78 is 2.51. The van der Waals surface area contributed by atoms with E-state index in [1.807, 2.05) is 6.07 Å². The Morgan fingerprint density at radius 1 is 0.941 bits per heavy atom. The highest BCUT2D eigenvalue weighted by molar-refractivity contribution is 7.25. The third kappa shape index (κ3) is 1.26. The minimum Gasteiger partial charge on any atom is -0.237 e. The van der Waals surface area contributed by atoms with Gasteiger partial charge >= 0.3 is 0 Å². The van der Waals surface area contributed by atoms with Crippen molar-refractivity contribution in [1.82, 2.24) is 9.97 Å². The molecule has 0 aliphatic carbocycles. The first-order chi connectivity index (χ1) is 8.42. The molecule has 0 bridgehead atoms. The lowest BCUT2D eigenvalue weighted by Crippen LogP contribution is -1.82. The lowest BCUT2D eigenvalue weighted by atomic mass is 10.2. The summed E-state index contributed by atoms with van der Waals surface area (Å²) >= 11 is 1.79. The zero-order chi connectivity index (χ0) is 11.2. The molecule has 17 heavy (non-hydrogen) atoms. The Bertz CT molecular complexity index is 842. The molecule has 4 aromatic rings. The summed E-state index contributed by atoms with van der Waals surface area (Å²) in [7, 11) is 0. The number of hydrogen-bond acceptors (Lipinski definition) is 3. The topological polar surface area (TPSA) is 25.8 Å². The van der Waals surface area contributed by atoms with Gasteiger partial charge in [0.2, 0.25) is 0 Å². The molecule has 0 amide bonds. The average Bonchev–Trinajstić information content (AvgIpc) is 2.73. The van der Waals surface area contributed by atoms with Crippen molar-refractivity contribution in [3.05, 3.63) is 48.7 Å². The van der Waals surface area contributed by atoms with Crippen molar-refractivity contribution in [2.75, 3.05) is 0 Å². The van der Waals surface area contributed by atoms with Gasteiger partial charge < -0.3 is 0 Å². The van der Waals surface area contributed by atoms with Gasteiger partial charge in [-0.2, -0.15) is 0 Å². The van der Waals surface area contributed by atoms with Crippen LogP contribution in [0.2, 0.25) is 0 Å². The first-order valence-corrected chi connectivity index (χ1v) is 6.26. The van der Waals surface area contributed by atoms with Crippen LogP contribution in [0.25, 0.3) is 31.3 Å². The summed E-state index contributed by atoms with van der Waals surface area (Å²) in [6.07, 6.45) is 1.79. The van der Waals surface area contributed by atoms with Crippen LogP contribution in [0.1, 0.15) is 0 Å². The second kappa shape index (κ2) is 3.25. The Labute approximate surface area is 102 Å². The quantitative estimate of drug-likeness (QED) is 0.461. The van der Waals surface area contributed by atoms with E-state index in [1.165, 1.54) is 14.8 Å². The summed E-state index contributed by atoms with van der Waals surface area (Å²) in [4.78, 5) is 8.98. The van der Waals surface area contributed by atoms with Gasteiger partial charge in [0.1, 0.15) is 0 Å². The molecule has 0 fully saturated rings. The Kier molecular flexibility index (Phi) is 1.73. The molecule has 0 saturated heterocycles. The minimum absolute atomic E-state index is 0.823. The SMILES string of the molecule is c1cnc2nc3c(cc2c1)sc1ccccc13. The van der Waals surface area contributed by atoms with E-state index in [0.29, 0.717) is 0 Å². The van der Waals surface area contributed by atoms with Gasteiger partial charge in [0.25, 0.3) is 0 Å². The smallest absolute Gasteiger partial charge is 0.159 e. The summed E-state index contributed by atoms with van der Waals surface area (Å²) in [6.45, 7) is 0. The summed E-state index contributed by atoms with van der Waals surface area (Å²) in [5.74, 6) is 0. The Balaban J connectivity index is 2.28. The van der Waals surface area contributed by atoms with Crippen LogP contribution in [0.4, 0.5) is 0 Å². The van der Waals surface area contributed by atoms with Crippen molar-refractivity contribution in [3.8, 4) is 0 Å². The van der Waals surface area contributed by atoms with Gasteiger partial charge in [-0.05, 0) is 24.3 Å². The first-order valence-electron chi connectivity index (χ1n) is 5.45. The van der Waals surface area contributed by atoms with Crippen LogP contribution in [-0.4, -0.2) is 9.97 Å². The van der Waals surface area contributed by atoms with Crippen LogP contribution in [0.15, 0.2) is 48.7 Å². The van der Waals surface area contributed by atoms with Crippen LogP contribution in [0, 0.1) is 0 Å². The highest BCUT2D eigenvalue weighted by Gasteiger charge is 2.07. The molecule has 0 saturated carbocycles. The number of fused-ring (bicyclic) bond motifs is 4. The molecular weight excluding hydrogens is 228 g/mol. The zero-order valence-corrected chi connectivity index (χ0v) is 9.74. The maximum absolute atomic E-state index is 4.67. The fourth-order valence-corrected chi connectivity index (χ4v) is 3.22. The Morgan fingerprint density at radius 3 is 2.88 bits per heavy atom. The van der Waals surface area contributed by atoms with Gasteiger partial charge in [0, 0.05) is 21.7 Å². The van der Waals surface area contributed by atoms with Crippen molar-refractivity contribution in [1.29, 1.82) is 0 Å². The van der Waals surface area contributed by atoms with Crippen molar-refractivity contribution in [3.63, 3.8) is 0 Å². The summed E-state index contributed by atoms with van der Waals surface area (Å²) in [5, 5.41) is 2.33. The molecule has 4 rings (SSSR count). The van der Waals surface area contributed by atoms with Gasteiger partial charge in [-0.1, -0.05) is 18.2 Å². The number of rotatable bonds is 0. The number of thiophene rings is 1. The Morgan fingerprint density at radius 2 is 1.88 bits per heavy atom. The van der Waals surface area contributed by atoms with Gasteiger partial charge in [0.05, 0.1) is 10.2 Å². The highest BCUT2D eigenvalue weighted by atomic mass is 32.1. The highest BCUT2D eigenvalue weighted by Crippen LogP contribution is 2.33. The average molecular weight is 236 g/mol. The van der Waals surface area contributed by atoms with Crippen molar-refractivity contribution in [2.24, 2.45) is 0 Å². The van der Waals surface area contributed by atoms with Gasteiger partial charge in [-0.25, -0.2) is 9.97 Å². The molecule has 3 heterocycles. The summed E-state index contributed by atoms with van der Waals surface area (Å²) in [6, 6.07) is 14.6. The van der Waals surface area contributed by atoms with E-state index in [9.17, 15) is 0 Å². The van der Waals surface area contributed by atoms with E-state index in [4.69, 9.17) is 0 Å². The lowest BCUT2D eigenvalue weighted by Gasteiger charge is -1.95. The monoisotopic (exact) mass is 236 g/mol. The van der Waals surface area contributed by atoms with E-state index >= 15 is 0 Å². The Hall–Kier alpha value is -2.00. The van der Waals surface area contributed by atoms with Gasteiger partial charge in [-0.15, -0.1) is 11.3 Å². The van der Waals surface area contributed by atoms with E-state index in [1.54, 1.807) is 17.5 Å². The number of benzene rings is 1. The second-order valence-corrected chi connectivity index (χ2v) is 5.07. The molecule has 3 heteroatoms. The van der Waals surface area contributed by atoms with Crippen LogP contribution < -0.4 is 0 Å². The second-order valence-electron chi connectivity index (χ2n) is 3.98. The van der Waals surface area contributed by atoms with Crippen molar-refractivity contribution in [2.45, 2.75) is 0 Å². The van der Waals surface area contributed by atoms with Crippen LogP contribution >= 0.6 is 11.3 Å². The molecule has 0 unspecified atom stereocenters. The third-order valence-corrected chi connectivity index (χ3v) is 4.02. The molecule has 80 valence electrons. The zero-order valence-electron chi connectivity index (χ0n) is 8.92. The molecular formula is C14H8N2S. The van der Waals surface area contributed by atoms with Crippen LogP contribution in [0.5, 0.6) is 0 Å². The maximum atomic E-state index is 4.67. The van der Waals surface area contributed by atoms with Crippen molar-refractivity contribution < 1.29 is 0 Å². The molecule has 0 N–H and O–H groups in total. The maximum Gasteiger partial charge on any atom is 0.159 e. The standard InChI is InChI=1S/C14H8N2S/c1-2-6-11-10(5-1)13-12(17-11)8-9-4-3-7-15-14(9)16-13/h1-8H. The predicted molar refractivity (Wildman–Crippen MR) is 72.4 cm³/mol. The number of nitrogens with zero attached hydrogens (tertiary/aromatic N) is 2. The molecule has 1 aromatic carbocycles. The molecule has 3 aromatic heterocycles. The number of pyridine rings is 2. The number of aromatic nitrogens is 2. The third-order valence-electron chi connectivity index (χ3n) is 2.92. The van der Waals surface area contributed by atoms with Gasteiger partial charge in [-0.3, -0.25) is 0 Å². The lowest BCUT2D eigenvalue weighted by molar-refractivity contribution is 1.33. The molecule has 0 atom stereocenters. The fraction of sp³-hybridized carbons (Fsp3) is 0. The molecule has 2 nitrogen and oxygen atoms in total. The van der Waals surface area contributed by atoms with Crippen LogP contribution in [-0.2, 0) is 0 Å². The predicted octanol–water partition coefficient (Wildman–Crippen LogP) is 4.00. The van der Waals surface area contributed by atoms with Crippen molar-refractivity contribution >= 4 is 42.7 Å². The fourth-order valence-electron chi connectivity index (χ4n) is 2.13. The minimum atomic E-state index is 0.823. The number of hydrogen-bond donors (Lipinski definition) is 0. The normalized spacial score (nSPS) is 11.5. The largest absolute Gasteiger partial charge is 0.237 e. The first kappa shape index (κ1) is 9.07. The van der Waals surface area contributed by atoms with E-state index in [0.717, 1.165) is 16.6 Å². The molecule has 0 radical (unpaired) electrons. The molecule has 0 spiro atoms.